The Balaban J connectivity index is 2.26. The van der Waals surface area contributed by atoms with E-state index in [1.165, 1.54) is 19.3 Å². The van der Waals surface area contributed by atoms with E-state index >= 15 is 0 Å². The molecule has 1 aliphatic rings. The van der Waals surface area contributed by atoms with Gasteiger partial charge in [-0.3, -0.25) is 0 Å². The fourth-order valence-electron chi connectivity index (χ4n) is 3.21. The van der Waals surface area contributed by atoms with Gasteiger partial charge in [0.05, 0.1) is 17.6 Å². The predicted octanol–water partition coefficient (Wildman–Crippen LogP) is 4.55. The summed E-state index contributed by atoms with van der Waals surface area (Å²) in [5.41, 5.74) is 0.219. The second-order valence-corrected chi connectivity index (χ2v) is 7.51. The summed E-state index contributed by atoms with van der Waals surface area (Å²) in [5, 5.41) is 8.95. The minimum atomic E-state index is -0.206. The van der Waals surface area contributed by atoms with Gasteiger partial charge in [-0.25, -0.2) is 0 Å². The third-order valence-electron chi connectivity index (χ3n) is 3.95. The fraction of sp³-hybridized carbons (Fsp3) is 0.938. The second kappa shape index (κ2) is 6.06. The van der Waals surface area contributed by atoms with Crippen molar-refractivity contribution in [1.82, 2.24) is 0 Å². The zero-order valence-corrected chi connectivity index (χ0v) is 12.8. The molecule has 2 unspecified atom stereocenters. The molecular weight excluding hydrogens is 222 g/mol. The average Bonchev–Trinajstić information content (AvgIpc) is 2.22. The minimum Gasteiger partial charge on any atom is -0.378 e. The quantitative estimate of drug-likeness (QED) is 0.672. The van der Waals surface area contributed by atoms with Crippen LogP contribution in [0.3, 0.4) is 0 Å². The van der Waals surface area contributed by atoms with Crippen LogP contribution in [0.25, 0.3) is 0 Å². The number of nitriles is 1. The van der Waals surface area contributed by atoms with Gasteiger partial charge in [-0.1, -0.05) is 20.8 Å². The van der Waals surface area contributed by atoms with E-state index in [1.807, 2.05) is 13.8 Å². The Kier molecular flexibility index (Phi) is 5.22. The van der Waals surface area contributed by atoms with E-state index in [0.717, 1.165) is 25.4 Å². The average molecular weight is 251 g/mol. The maximum atomic E-state index is 8.95. The molecule has 104 valence electrons. The summed E-state index contributed by atoms with van der Waals surface area (Å²) in [6.45, 7) is 11.8. The van der Waals surface area contributed by atoms with Crippen LogP contribution >= 0.6 is 0 Å². The Bertz CT molecular complexity index is 301. The second-order valence-electron chi connectivity index (χ2n) is 7.51. The molecule has 1 aliphatic carbocycles. The topological polar surface area (TPSA) is 33.0 Å². The van der Waals surface area contributed by atoms with Crippen molar-refractivity contribution < 1.29 is 4.74 Å². The standard InChI is InChI=1S/C16H29NO/c1-13-9-14(11-16(4,5)10-13)18-8-6-7-15(2,3)12-17/h13-14H,6-11H2,1-5H3. The van der Waals surface area contributed by atoms with Gasteiger partial charge in [-0.15, -0.1) is 0 Å². The molecule has 1 saturated carbocycles. The first-order valence-electron chi connectivity index (χ1n) is 7.27. The molecule has 0 N–H and O–H groups in total. The van der Waals surface area contributed by atoms with Crippen molar-refractivity contribution in [3.63, 3.8) is 0 Å². The molecule has 0 aromatic rings. The van der Waals surface area contributed by atoms with Crippen LogP contribution in [0.1, 0.15) is 66.7 Å². The largest absolute Gasteiger partial charge is 0.378 e. The van der Waals surface area contributed by atoms with Crippen LogP contribution < -0.4 is 0 Å². The van der Waals surface area contributed by atoms with Gasteiger partial charge in [-0.2, -0.15) is 5.26 Å². The molecule has 0 aromatic heterocycles. The number of hydrogen-bond donors (Lipinski definition) is 0. The molecule has 2 atom stereocenters. The fourth-order valence-corrected chi connectivity index (χ4v) is 3.21. The van der Waals surface area contributed by atoms with E-state index in [0.29, 0.717) is 11.5 Å². The molecule has 0 radical (unpaired) electrons. The first-order valence-corrected chi connectivity index (χ1v) is 7.27. The molecule has 0 bridgehead atoms. The normalized spacial score (nSPS) is 27.8. The molecule has 0 heterocycles. The maximum Gasteiger partial charge on any atom is 0.0683 e. The van der Waals surface area contributed by atoms with Crippen molar-refractivity contribution in [2.45, 2.75) is 72.8 Å². The van der Waals surface area contributed by atoms with Crippen LogP contribution in [-0.2, 0) is 4.74 Å². The lowest BCUT2D eigenvalue weighted by atomic mass is 9.71. The molecule has 2 heteroatoms. The first kappa shape index (κ1) is 15.5. The van der Waals surface area contributed by atoms with Crippen molar-refractivity contribution in [2.24, 2.45) is 16.7 Å². The number of ether oxygens (including phenoxy) is 1. The van der Waals surface area contributed by atoms with Gasteiger partial charge in [0.15, 0.2) is 0 Å². The zero-order chi connectivity index (χ0) is 13.8. The monoisotopic (exact) mass is 251 g/mol. The Morgan fingerprint density at radius 1 is 1.33 bits per heavy atom. The molecule has 2 nitrogen and oxygen atoms in total. The van der Waals surface area contributed by atoms with E-state index in [2.05, 4.69) is 26.8 Å². The van der Waals surface area contributed by atoms with Crippen LogP contribution in [0, 0.1) is 28.1 Å². The Morgan fingerprint density at radius 2 is 2.00 bits per heavy atom. The van der Waals surface area contributed by atoms with Gasteiger partial charge >= 0.3 is 0 Å². The van der Waals surface area contributed by atoms with E-state index < -0.39 is 0 Å². The summed E-state index contributed by atoms with van der Waals surface area (Å²) in [7, 11) is 0. The highest BCUT2D eigenvalue weighted by atomic mass is 16.5. The van der Waals surface area contributed by atoms with Crippen molar-refractivity contribution in [1.29, 1.82) is 5.26 Å². The summed E-state index contributed by atoms with van der Waals surface area (Å²) >= 11 is 0. The third kappa shape index (κ3) is 5.40. The van der Waals surface area contributed by atoms with Crippen LogP contribution in [0.4, 0.5) is 0 Å². The van der Waals surface area contributed by atoms with Crippen LogP contribution in [0.5, 0.6) is 0 Å². The van der Waals surface area contributed by atoms with Gasteiger partial charge in [0.2, 0.25) is 0 Å². The zero-order valence-electron chi connectivity index (χ0n) is 12.8. The number of rotatable bonds is 5. The van der Waals surface area contributed by atoms with Crippen molar-refractivity contribution in [2.75, 3.05) is 6.61 Å². The van der Waals surface area contributed by atoms with Gasteiger partial charge in [0, 0.05) is 6.61 Å². The number of nitrogens with zero attached hydrogens (tertiary/aromatic N) is 1. The van der Waals surface area contributed by atoms with Crippen molar-refractivity contribution >= 4 is 0 Å². The smallest absolute Gasteiger partial charge is 0.0683 e. The SMILES string of the molecule is CC1CC(OCCCC(C)(C)C#N)CC(C)(C)C1. The molecule has 0 aromatic carbocycles. The molecule has 1 rings (SSSR count). The van der Waals surface area contributed by atoms with Gasteiger partial charge in [-0.05, 0) is 57.3 Å². The van der Waals surface area contributed by atoms with Gasteiger partial charge < -0.3 is 4.74 Å². The van der Waals surface area contributed by atoms with Gasteiger partial charge in [0.1, 0.15) is 0 Å². The Hall–Kier alpha value is -0.550. The summed E-state index contributed by atoms with van der Waals surface area (Å²) in [6, 6.07) is 2.34. The third-order valence-corrected chi connectivity index (χ3v) is 3.95. The highest BCUT2D eigenvalue weighted by Gasteiger charge is 2.32. The van der Waals surface area contributed by atoms with E-state index in [4.69, 9.17) is 10.00 Å². The van der Waals surface area contributed by atoms with E-state index in [-0.39, 0.29) is 5.41 Å². The van der Waals surface area contributed by atoms with Crippen LogP contribution in [0.2, 0.25) is 0 Å². The number of hydrogen-bond acceptors (Lipinski definition) is 2. The highest BCUT2D eigenvalue weighted by molar-refractivity contribution is 4.91. The summed E-state index contributed by atoms with van der Waals surface area (Å²) in [5.74, 6) is 0.772. The minimum absolute atomic E-state index is 0.206. The predicted molar refractivity (Wildman–Crippen MR) is 75.2 cm³/mol. The Labute approximate surface area is 113 Å². The molecule has 0 spiro atoms. The van der Waals surface area contributed by atoms with Crippen LogP contribution in [-0.4, -0.2) is 12.7 Å². The summed E-state index contributed by atoms with van der Waals surface area (Å²) in [4.78, 5) is 0. The van der Waals surface area contributed by atoms with Crippen LogP contribution in [0.15, 0.2) is 0 Å². The van der Waals surface area contributed by atoms with Crippen molar-refractivity contribution in [3.05, 3.63) is 0 Å². The first-order chi connectivity index (χ1) is 8.24. The van der Waals surface area contributed by atoms with E-state index in [9.17, 15) is 0 Å². The molecule has 18 heavy (non-hydrogen) atoms. The molecule has 0 amide bonds. The van der Waals surface area contributed by atoms with Crippen molar-refractivity contribution in [3.8, 4) is 6.07 Å². The lowest BCUT2D eigenvalue weighted by molar-refractivity contribution is -0.0251. The molecular formula is C16H29NO. The molecule has 1 fully saturated rings. The van der Waals surface area contributed by atoms with Gasteiger partial charge in [0.25, 0.3) is 0 Å². The lowest BCUT2D eigenvalue weighted by Gasteiger charge is -2.38. The molecule has 0 aliphatic heterocycles. The van der Waals surface area contributed by atoms with E-state index in [1.54, 1.807) is 0 Å². The summed E-state index contributed by atoms with van der Waals surface area (Å²) < 4.78 is 6.02. The Morgan fingerprint density at radius 3 is 2.56 bits per heavy atom. The maximum absolute atomic E-state index is 8.95. The lowest BCUT2D eigenvalue weighted by Crippen LogP contribution is -2.32. The highest BCUT2D eigenvalue weighted by Crippen LogP contribution is 2.39. The molecule has 0 saturated heterocycles. The summed E-state index contributed by atoms with van der Waals surface area (Å²) in [6.07, 6.45) is 6.04.